The zero-order chi connectivity index (χ0) is 16.8. The van der Waals surface area contributed by atoms with E-state index in [2.05, 4.69) is 9.97 Å². The van der Waals surface area contributed by atoms with E-state index in [1.165, 1.54) is 32.7 Å². The summed E-state index contributed by atoms with van der Waals surface area (Å²) in [5.74, 6) is -0.524. The van der Waals surface area contributed by atoms with E-state index < -0.39 is 11.9 Å². The monoisotopic (exact) mass is 317 g/mol. The van der Waals surface area contributed by atoms with Crippen LogP contribution in [0.5, 0.6) is 17.4 Å². The highest BCUT2D eigenvalue weighted by Crippen LogP contribution is 2.27. The van der Waals surface area contributed by atoms with Crippen LogP contribution in [0.1, 0.15) is 16.1 Å². The number of hydrogen-bond acceptors (Lipinski definition) is 6. The smallest absolute Gasteiger partial charge is 0.337 e. The van der Waals surface area contributed by atoms with Gasteiger partial charge >= 0.3 is 5.97 Å². The molecule has 0 saturated carbocycles. The van der Waals surface area contributed by atoms with Gasteiger partial charge in [0.25, 0.3) is 11.8 Å². The lowest BCUT2D eigenvalue weighted by molar-refractivity contribution is -0.129. The Bertz CT molecular complexity index is 751. The zero-order valence-electron chi connectivity index (χ0n) is 12.5. The summed E-state index contributed by atoms with van der Waals surface area (Å²) in [6.07, 6.45) is 3.93. The third-order valence-corrected chi connectivity index (χ3v) is 2.87. The highest BCUT2D eigenvalue weighted by atomic mass is 16.5. The number of nitrogens with zero attached hydrogens (tertiary/aromatic N) is 1. The minimum Gasteiger partial charge on any atom is -0.493 e. The van der Waals surface area contributed by atoms with Gasteiger partial charge in [-0.2, -0.15) is 0 Å². The minimum absolute atomic E-state index is 0.0714. The van der Waals surface area contributed by atoms with Gasteiger partial charge in [0.2, 0.25) is 0 Å². The SMILES string of the molecule is COc1ccc(C=CC(=O)Oc2nc[nH]c2C(N)=O)cc1OC. The maximum absolute atomic E-state index is 11.8. The van der Waals surface area contributed by atoms with Crippen LogP contribution >= 0.6 is 0 Å². The average molecular weight is 317 g/mol. The molecule has 1 heterocycles. The van der Waals surface area contributed by atoms with Crippen molar-refractivity contribution in [2.24, 2.45) is 5.73 Å². The van der Waals surface area contributed by atoms with Crippen molar-refractivity contribution in [1.82, 2.24) is 9.97 Å². The Morgan fingerprint density at radius 3 is 2.61 bits per heavy atom. The van der Waals surface area contributed by atoms with E-state index in [1.54, 1.807) is 18.2 Å². The van der Waals surface area contributed by atoms with E-state index in [9.17, 15) is 9.59 Å². The number of ether oxygens (including phenoxy) is 3. The fraction of sp³-hybridized carbons (Fsp3) is 0.133. The van der Waals surface area contributed by atoms with Crippen LogP contribution in [-0.4, -0.2) is 36.1 Å². The second kappa shape index (κ2) is 7.12. The molecule has 23 heavy (non-hydrogen) atoms. The standard InChI is InChI=1S/C15H15N3O5/c1-21-10-5-3-9(7-11(10)22-2)4-6-12(19)23-15-13(14(16)20)17-8-18-15/h3-8H,1-2H3,(H2,16,20)(H,17,18). The summed E-state index contributed by atoms with van der Waals surface area (Å²) in [6.45, 7) is 0. The molecule has 0 saturated heterocycles. The van der Waals surface area contributed by atoms with Crippen LogP contribution in [0.15, 0.2) is 30.6 Å². The number of aromatic nitrogens is 2. The molecule has 0 aliphatic carbocycles. The Balaban J connectivity index is 2.09. The predicted molar refractivity (Wildman–Crippen MR) is 81.3 cm³/mol. The van der Waals surface area contributed by atoms with Gasteiger partial charge in [-0.3, -0.25) is 4.79 Å². The maximum Gasteiger partial charge on any atom is 0.337 e. The number of esters is 1. The lowest BCUT2D eigenvalue weighted by atomic mass is 10.2. The molecule has 3 N–H and O–H groups in total. The van der Waals surface area contributed by atoms with E-state index >= 15 is 0 Å². The largest absolute Gasteiger partial charge is 0.493 e. The number of H-pyrrole nitrogens is 1. The van der Waals surface area contributed by atoms with Crippen molar-refractivity contribution < 1.29 is 23.8 Å². The van der Waals surface area contributed by atoms with Gasteiger partial charge in [-0.25, -0.2) is 9.78 Å². The molecule has 0 unspecified atom stereocenters. The number of carbonyl (C=O) groups excluding carboxylic acids is 2. The number of rotatable bonds is 6. The van der Waals surface area contributed by atoms with Gasteiger partial charge in [0.1, 0.15) is 0 Å². The van der Waals surface area contributed by atoms with Gasteiger partial charge in [-0.15, -0.1) is 0 Å². The van der Waals surface area contributed by atoms with Crippen molar-refractivity contribution >= 4 is 18.0 Å². The van der Waals surface area contributed by atoms with Gasteiger partial charge in [0, 0.05) is 6.08 Å². The van der Waals surface area contributed by atoms with Crippen LogP contribution in [-0.2, 0) is 4.79 Å². The van der Waals surface area contributed by atoms with Crippen molar-refractivity contribution in [3.63, 3.8) is 0 Å². The van der Waals surface area contributed by atoms with Crippen molar-refractivity contribution in [1.29, 1.82) is 0 Å². The van der Waals surface area contributed by atoms with Crippen molar-refractivity contribution in [3.05, 3.63) is 41.9 Å². The maximum atomic E-state index is 11.8. The second-order valence-corrected chi connectivity index (χ2v) is 4.32. The summed E-state index contributed by atoms with van der Waals surface area (Å²) in [4.78, 5) is 29.1. The third-order valence-electron chi connectivity index (χ3n) is 2.87. The molecule has 2 aromatic rings. The molecule has 8 heteroatoms. The first-order valence-electron chi connectivity index (χ1n) is 6.50. The molecule has 0 radical (unpaired) electrons. The summed E-state index contributed by atoms with van der Waals surface area (Å²) < 4.78 is 15.2. The van der Waals surface area contributed by atoms with Gasteiger partial charge in [-0.05, 0) is 23.8 Å². The number of carbonyl (C=O) groups is 2. The first-order valence-corrected chi connectivity index (χ1v) is 6.50. The molecule has 1 aromatic carbocycles. The van der Waals surface area contributed by atoms with Crippen molar-refractivity contribution in [2.75, 3.05) is 14.2 Å². The van der Waals surface area contributed by atoms with E-state index in [1.807, 2.05) is 0 Å². The number of benzene rings is 1. The predicted octanol–water partition coefficient (Wildman–Crippen LogP) is 1.14. The molecule has 120 valence electrons. The van der Waals surface area contributed by atoms with Gasteiger partial charge in [0.15, 0.2) is 17.2 Å². The lowest BCUT2D eigenvalue weighted by Crippen LogP contribution is -2.14. The molecule has 1 aromatic heterocycles. The van der Waals surface area contributed by atoms with Gasteiger partial charge in [0.05, 0.1) is 20.5 Å². The van der Waals surface area contributed by atoms with Crippen LogP contribution in [0, 0.1) is 0 Å². The highest BCUT2D eigenvalue weighted by Gasteiger charge is 2.14. The van der Waals surface area contributed by atoms with Crippen molar-refractivity contribution in [3.8, 4) is 17.4 Å². The fourth-order valence-corrected chi connectivity index (χ4v) is 1.79. The molecule has 1 amide bonds. The lowest BCUT2D eigenvalue weighted by Gasteiger charge is -2.07. The van der Waals surface area contributed by atoms with E-state index in [0.717, 1.165) is 0 Å². The fourth-order valence-electron chi connectivity index (χ4n) is 1.79. The van der Waals surface area contributed by atoms with E-state index in [4.69, 9.17) is 19.9 Å². The Kier molecular flexibility index (Phi) is 4.98. The molecular weight excluding hydrogens is 302 g/mol. The quantitative estimate of drug-likeness (QED) is 0.609. The number of aromatic amines is 1. The first-order chi connectivity index (χ1) is 11.0. The van der Waals surface area contributed by atoms with E-state index in [0.29, 0.717) is 17.1 Å². The van der Waals surface area contributed by atoms with E-state index in [-0.39, 0.29) is 11.6 Å². The molecule has 0 fully saturated rings. The number of imidazole rings is 1. The van der Waals surface area contributed by atoms with Gasteiger partial charge < -0.3 is 24.9 Å². The topological polar surface area (TPSA) is 117 Å². The zero-order valence-corrected chi connectivity index (χ0v) is 12.5. The molecule has 0 atom stereocenters. The summed E-state index contributed by atoms with van der Waals surface area (Å²) in [6, 6.07) is 5.16. The first kappa shape index (κ1) is 16.1. The molecule has 0 bridgehead atoms. The number of methoxy groups -OCH3 is 2. The molecule has 0 aliphatic rings. The van der Waals surface area contributed by atoms with Crippen LogP contribution < -0.4 is 19.9 Å². The third kappa shape index (κ3) is 3.88. The molecule has 0 spiro atoms. The van der Waals surface area contributed by atoms with Crippen LogP contribution in [0.2, 0.25) is 0 Å². The number of nitrogens with two attached hydrogens (primary N) is 1. The number of nitrogens with one attached hydrogen (secondary N) is 1. The van der Waals surface area contributed by atoms with Crippen LogP contribution in [0.3, 0.4) is 0 Å². The number of amides is 1. The summed E-state index contributed by atoms with van der Waals surface area (Å²) in [5.41, 5.74) is 5.75. The average Bonchev–Trinajstić information content (AvgIpc) is 3.00. The molecule has 2 rings (SSSR count). The summed E-state index contributed by atoms with van der Waals surface area (Å²) in [7, 11) is 3.05. The summed E-state index contributed by atoms with van der Waals surface area (Å²) >= 11 is 0. The molecule has 8 nitrogen and oxygen atoms in total. The molecular formula is C15H15N3O5. The summed E-state index contributed by atoms with van der Waals surface area (Å²) in [5, 5.41) is 0. The normalized spacial score (nSPS) is 10.5. The second-order valence-electron chi connectivity index (χ2n) is 4.32. The van der Waals surface area contributed by atoms with Crippen LogP contribution in [0.25, 0.3) is 6.08 Å². The van der Waals surface area contributed by atoms with Crippen LogP contribution in [0.4, 0.5) is 0 Å². The Morgan fingerprint density at radius 1 is 1.22 bits per heavy atom. The minimum atomic E-state index is -0.769. The van der Waals surface area contributed by atoms with Crippen molar-refractivity contribution in [2.45, 2.75) is 0 Å². The highest BCUT2D eigenvalue weighted by molar-refractivity contribution is 5.95. The molecule has 0 aliphatic heterocycles. The Hall–Kier alpha value is -3.29. The number of hydrogen-bond donors (Lipinski definition) is 2. The Morgan fingerprint density at radius 2 is 1.96 bits per heavy atom. The Labute approximate surface area is 131 Å². The van der Waals surface area contributed by atoms with Gasteiger partial charge in [-0.1, -0.05) is 6.07 Å². The number of primary amides is 1.